The van der Waals surface area contributed by atoms with Crippen LogP contribution in [0.2, 0.25) is 0 Å². The summed E-state index contributed by atoms with van der Waals surface area (Å²) in [6, 6.07) is 13.9. The summed E-state index contributed by atoms with van der Waals surface area (Å²) < 4.78 is 0. The topological polar surface area (TPSA) is 86.7 Å². The zero-order chi connectivity index (χ0) is 18.7. The fourth-order valence-electron chi connectivity index (χ4n) is 2.95. The third kappa shape index (κ3) is 4.08. The van der Waals surface area contributed by atoms with Gasteiger partial charge in [-0.05, 0) is 36.8 Å². The molecule has 0 bridgehead atoms. The van der Waals surface area contributed by atoms with E-state index in [-0.39, 0.29) is 23.8 Å². The molecule has 0 aromatic heterocycles. The highest BCUT2D eigenvalue weighted by Crippen LogP contribution is 2.22. The van der Waals surface area contributed by atoms with Crippen molar-refractivity contribution in [3.8, 4) is 0 Å². The van der Waals surface area contributed by atoms with Crippen LogP contribution < -0.4 is 5.32 Å². The summed E-state index contributed by atoms with van der Waals surface area (Å²) >= 11 is 0. The van der Waals surface area contributed by atoms with E-state index in [0.717, 1.165) is 11.1 Å². The van der Waals surface area contributed by atoms with Crippen molar-refractivity contribution >= 4 is 23.5 Å². The van der Waals surface area contributed by atoms with E-state index in [1.807, 2.05) is 31.2 Å². The van der Waals surface area contributed by atoms with Gasteiger partial charge in [0.25, 0.3) is 0 Å². The number of aryl methyl sites for hydroxylation is 1. The van der Waals surface area contributed by atoms with Crippen LogP contribution in [0.15, 0.2) is 48.5 Å². The van der Waals surface area contributed by atoms with E-state index in [2.05, 4.69) is 5.32 Å². The van der Waals surface area contributed by atoms with Crippen LogP contribution >= 0.6 is 0 Å². The number of rotatable bonds is 5. The predicted molar refractivity (Wildman–Crippen MR) is 96.7 cm³/mol. The number of hydrogen-bond acceptors (Lipinski definition) is 3. The molecule has 1 aliphatic heterocycles. The Bertz CT molecular complexity index is 828. The maximum atomic E-state index is 12.4. The number of benzene rings is 2. The number of nitrogens with zero attached hydrogens (tertiary/aromatic N) is 1. The van der Waals surface area contributed by atoms with Gasteiger partial charge in [-0.25, -0.2) is 4.79 Å². The van der Waals surface area contributed by atoms with Crippen LogP contribution in [0.1, 0.15) is 27.9 Å². The van der Waals surface area contributed by atoms with Gasteiger partial charge < -0.3 is 15.3 Å². The second kappa shape index (κ2) is 7.39. The molecule has 134 valence electrons. The lowest BCUT2D eigenvalue weighted by molar-refractivity contribution is -0.128. The number of carboxylic acids is 1. The molecule has 1 heterocycles. The molecular weight excluding hydrogens is 332 g/mol. The zero-order valence-corrected chi connectivity index (χ0v) is 14.4. The minimum atomic E-state index is -1.02. The van der Waals surface area contributed by atoms with E-state index in [9.17, 15) is 14.4 Å². The lowest BCUT2D eigenvalue weighted by atomic mass is 10.1. The van der Waals surface area contributed by atoms with Gasteiger partial charge >= 0.3 is 5.97 Å². The van der Waals surface area contributed by atoms with Gasteiger partial charge in [0.15, 0.2) is 0 Å². The molecule has 0 radical (unpaired) electrons. The Labute approximate surface area is 151 Å². The smallest absolute Gasteiger partial charge is 0.335 e. The van der Waals surface area contributed by atoms with Crippen molar-refractivity contribution in [1.29, 1.82) is 0 Å². The number of carboxylic acid groups (broad SMARTS) is 1. The Kier molecular flexibility index (Phi) is 5.02. The number of amides is 2. The van der Waals surface area contributed by atoms with Gasteiger partial charge in [0.2, 0.25) is 11.8 Å². The fraction of sp³-hybridized carbons (Fsp3) is 0.250. The number of hydrogen-bond donors (Lipinski definition) is 2. The number of aromatic carboxylic acids is 1. The first-order valence-electron chi connectivity index (χ1n) is 8.40. The predicted octanol–water partition coefficient (Wildman–Crippen LogP) is 2.68. The lowest BCUT2D eigenvalue weighted by Crippen LogP contribution is -2.28. The number of carbonyl (C=O) groups is 3. The van der Waals surface area contributed by atoms with Gasteiger partial charge in [0.1, 0.15) is 0 Å². The normalized spacial score (nSPS) is 16.6. The van der Waals surface area contributed by atoms with Crippen molar-refractivity contribution in [1.82, 2.24) is 4.90 Å². The molecule has 0 unspecified atom stereocenters. The van der Waals surface area contributed by atoms with Crippen molar-refractivity contribution in [3.05, 3.63) is 65.2 Å². The average Bonchev–Trinajstić information content (AvgIpc) is 2.98. The second-order valence-corrected chi connectivity index (χ2v) is 6.53. The average molecular weight is 352 g/mol. The quantitative estimate of drug-likeness (QED) is 0.866. The number of anilines is 1. The first-order chi connectivity index (χ1) is 12.4. The number of carbonyl (C=O) groups excluding carboxylic acids is 2. The maximum absolute atomic E-state index is 12.4. The van der Waals surface area contributed by atoms with Gasteiger partial charge in [-0.15, -0.1) is 0 Å². The van der Waals surface area contributed by atoms with Gasteiger partial charge in [-0.2, -0.15) is 0 Å². The first-order valence-corrected chi connectivity index (χ1v) is 8.40. The molecular formula is C20H20N2O4. The van der Waals surface area contributed by atoms with E-state index in [1.54, 1.807) is 17.0 Å². The Balaban J connectivity index is 1.59. The summed E-state index contributed by atoms with van der Waals surface area (Å²) in [4.78, 5) is 37.2. The van der Waals surface area contributed by atoms with Gasteiger partial charge in [-0.1, -0.05) is 29.8 Å². The Morgan fingerprint density at radius 3 is 2.38 bits per heavy atom. The summed E-state index contributed by atoms with van der Waals surface area (Å²) in [6.45, 7) is 2.89. The molecule has 0 saturated carbocycles. The van der Waals surface area contributed by atoms with E-state index in [0.29, 0.717) is 18.8 Å². The van der Waals surface area contributed by atoms with Crippen LogP contribution in [-0.4, -0.2) is 34.3 Å². The van der Waals surface area contributed by atoms with Crippen molar-refractivity contribution < 1.29 is 19.5 Å². The van der Waals surface area contributed by atoms with Crippen LogP contribution in [0.25, 0.3) is 0 Å². The molecule has 1 aliphatic rings. The Hall–Kier alpha value is -3.15. The van der Waals surface area contributed by atoms with Crippen LogP contribution in [0.3, 0.4) is 0 Å². The highest BCUT2D eigenvalue weighted by atomic mass is 16.4. The molecule has 3 rings (SSSR count). The van der Waals surface area contributed by atoms with E-state index >= 15 is 0 Å². The minimum Gasteiger partial charge on any atom is -0.478 e. The van der Waals surface area contributed by atoms with Crippen molar-refractivity contribution in [2.75, 3.05) is 11.9 Å². The highest BCUT2D eigenvalue weighted by Gasteiger charge is 2.34. The van der Waals surface area contributed by atoms with Crippen LogP contribution in [0.5, 0.6) is 0 Å². The molecule has 6 heteroatoms. The molecule has 26 heavy (non-hydrogen) atoms. The largest absolute Gasteiger partial charge is 0.478 e. The van der Waals surface area contributed by atoms with E-state index in [1.165, 1.54) is 12.1 Å². The van der Waals surface area contributed by atoms with Crippen LogP contribution in [0, 0.1) is 12.8 Å². The standard InChI is InChI=1S/C20H20N2O4/c1-13-2-4-14(5-3-13)11-22-12-16(10-18(22)23)19(24)21-17-8-6-15(7-9-17)20(25)26/h2-9,16H,10-12H2,1H3,(H,21,24)(H,25,26)/t16-/m0/s1. The molecule has 1 saturated heterocycles. The first kappa shape index (κ1) is 17.7. The molecule has 0 aliphatic carbocycles. The van der Waals surface area contributed by atoms with E-state index in [4.69, 9.17) is 5.11 Å². The number of likely N-dealkylation sites (tertiary alicyclic amines) is 1. The van der Waals surface area contributed by atoms with Gasteiger partial charge in [0.05, 0.1) is 11.5 Å². The Morgan fingerprint density at radius 1 is 1.12 bits per heavy atom. The summed E-state index contributed by atoms with van der Waals surface area (Å²) in [5.41, 5.74) is 2.87. The van der Waals surface area contributed by atoms with Crippen molar-refractivity contribution in [3.63, 3.8) is 0 Å². The molecule has 1 atom stereocenters. The third-order valence-electron chi connectivity index (χ3n) is 4.48. The summed E-state index contributed by atoms with van der Waals surface area (Å²) in [7, 11) is 0. The second-order valence-electron chi connectivity index (χ2n) is 6.53. The van der Waals surface area contributed by atoms with Crippen molar-refractivity contribution in [2.24, 2.45) is 5.92 Å². The van der Waals surface area contributed by atoms with Crippen molar-refractivity contribution in [2.45, 2.75) is 19.9 Å². The molecule has 0 spiro atoms. The van der Waals surface area contributed by atoms with Gasteiger partial charge in [0, 0.05) is 25.2 Å². The highest BCUT2D eigenvalue weighted by molar-refractivity contribution is 5.97. The maximum Gasteiger partial charge on any atom is 0.335 e. The monoisotopic (exact) mass is 352 g/mol. The minimum absolute atomic E-state index is 0.0352. The zero-order valence-electron chi connectivity index (χ0n) is 14.4. The van der Waals surface area contributed by atoms with Crippen LogP contribution in [-0.2, 0) is 16.1 Å². The SMILES string of the molecule is Cc1ccc(CN2C[C@@H](C(=O)Nc3ccc(C(=O)O)cc3)CC2=O)cc1. The van der Waals surface area contributed by atoms with E-state index < -0.39 is 11.9 Å². The Morgan fingerprint density at radius 2 is 1.77 bits per heavy atom. The molecule has 2 N–H and O–H groups in total. The third-order valence-corrected chi connectivity index (χ3v) is 4.48. The summed E-state index contributed by atoms with van der Waals surface area (Å²) in [5.74, 6) is -1.69. The molecule has 2 aromatic rings. The van der Waals surface area contributed by atoms with Gasteiger partial charge in [-0.3, -0.25) is 9.59 Å². The molecule has 2 aromatic carbocycles. The molecule has 1 fully saturated rings. The molecule has 6 nitrogen and oxygen atoms in total. The van der Waals surface area contributed by atoms with Crippen LogP contribution in [0.4, 0.5) is 5.69 Å². The number of nitrogens with one attached hydrogen (secondary N) is 1. The lowest BCUT2D eigenvalue weighted by Gasteiger charge is -2.17. The molecule has 2 amide bonds. The summed E-state index contributed by atoms with van der Waals surface area (Å²) in [6.07, 6.45) is 0.185. The fourth-order valence-corrected chi connectivity index (χ4v) is 2.95. The summed E-state index contributed by atoms with van der Waals surface area (Å²) in [5, 5.41) is 11.6.